The van der Waals surface area contributed by atoms with Gasteiger partial charge in [0.25, 0.3) is 5.91 Å². The molecule has 0 radical (unpaired) electrons. The largest absolute Gasteiger partial charge is 0.457 e. The summed E-state index contributed by atoms with van der Waals surface area (Å²) in [5.74, 6) is 0.00472. The van der Waals surface area contributed by atoms with Crippen molar-refractivity contribution in [3.63, 3.8) is 0 Å². The van der Waals surface area contributed by atoms with Crippen LogP contribution in [0.5, 0.6) is 5.75 Å². The van der Waals surface area contributed by atoms with E-state index in [2.05, 4.69) is 0 Å². The fourth-order valence-corrected chi connectivity index (χ4v) is 4.87. The van der Waals surface area contributed by atoms with Gasteiger partial charge in [0, 0.05) is 6.04 Å². The van der Waals surface area contributed by atoms with E-state index in [-0.39, 0.29) is 17.7 Å². The van der Waals surface area contributed by atoms with Gasteiger partial charge in [0.05, 0.1) is 11.2 Å². The average molecular weight is 414 g/mol. The highest BCUT2D eigenvalue weighted by Gasteiger charge is 2.37. The number of hydrogen-bond donors (Lipinski definition) is 0. The Labute approximate surface area is 172 Å². The fourth-order valence-electron chi connectivity index (χ4n) is 3.47. The number of nitrogens with zero attached hydrogens (tertiary/aromatic N) is 1. The van der Waals surface area contributed by atoms with Crippen molar-refractivity contribution >= 4 is 46.3 Å². The van der Waals surface area contributed by atoms with E-state index in [1.807, 2.05) is 6.08 Å². The van der Waals surface area contributed by atoms with E-state index >= 15 is 0 Å². The number of hydrogen-bond acceptors (Lipinski definition) is 6. The first-order chi connectivity index (χ1) is 13.6. The third-order valence-corrected chi connectivity index (χ3v) is 6.20. The van der Waals surface area contributed by atoms with Crippen LogP contribution in [-0.2, 0) is 4.79 Å². The van der Waals surface area contributed by atoms with E-state index in [1.165, 1.54) is 24.4 Å². The predicted molar refractivity (Wildman–Crippen MR) is 112 cm³/mol. The van der Waals surface area contributed by atoms with E-state index in [4.69, 9.17) is 21.4 Å². The molecule has 0 N–H and O–H groups in total. The Kier molecular flexibility index (Phi) is 5.64. The van der Waals surface area contributed by atoms with Gasteiger partial charge in [-0.05, 0) is 48.7 Å². The first-order valence-electron chi connectivity index (χ1n) is 9.24. The van der Waals surface area contributed by atoms with E-state index in [0.717, 1.165) is 31.2 Å². The van der Waals surface area contributed by atoms with Gasteiger partial charge in [-0.1, -0.05) is 55.4 Å². The van der Waals surface area contributed by atoms with Crippen LogP contribution in [0.3, 0.4) is 0 Å². The molecule has 1 amide bonds. The molecule has 1 saturated heterocycles. The van der Waals surface area contributed by atoms with Crippen molar-refractivity contribution in [1.29, 1.82) is 0 Å². The Morgan fingerprint density at radius 2 is 1.93 bits per heavy atom. The van der Waals surface area contributed by atoms with Crippen LogP contribution in [0.15, 0.2) is 52.0 Å². The summed E-state index contributed by atoms with van der Waals surface area (Å²) < 4.78 is 10.9. The lowest BCUT2D eigenvalue weighted by molar-refractivity contribution is -0.124. The number of rotatable bonds is 4. The number of thiocarbonyl (C=S) groups is 1. The highest BCUT2D eigenvalue weighted by Crippen LogP contribution is 2.37. The monoisotopic (exact) mass is 413 g/mol. The van der Waals surface area contributed by atoms with Crippen molar-refractivity contribution in [2.75, 3.05) is 0 Å². The van der Waals surface area contributed by atoms with Crippen molar-refractivity contribution in [2.45, 2.75) is 38.1 Å². The first-order valence-corrected chi connectivity index (χ1v) is 10.5. The van der Waals surface area contributed by atoms with Crippen LogP contribution in [0.25, 0.3) is 6.08 Å². The molecule has 0 unspecified atom stereocenters. The molecule has 1 aromatic heterocycles. The Bertz CT molecular complexity index is 912. The Morgan fingerprint density at radius 1 is 1.18 bits per heavy atom. The Hall–Kier alpha value is -2.38. The van der Waals surface area contributed by atoms with E-state index < -0.39 is 5.97 Å². The van der Waals surface area contributed by atoms with Crippen molar-refractivity contribution in [3.8, 4) is 5.75 Å². The highest BCUT2D eigenvalue weighted by molar-refractivity contribution is 8.26. The molecule has 5 nitrogen and oxygen atoms in total. The van der Waals surface area contributed by atoms with Gasteiger partial charge in [-0.3, -0.25) is 9.69 Å². The molecule has 0 spiro atoms. The minimum atomic E-state index is -0.550. The Balaban J connectivity index is 1.44. The molecule has 4 rings (SSSR count). The maximum Gasteiger partial charge on any atom is 0.379 e. The van der Waals surface area contributed by atoms with Gasteiger partial charge in [-0.25, -0.2) is 4.79 Å². The second-order valence-corrected chi connectivity index (χ2v) is 8.46. The van der Waals surface area contributed by atoms with E-state index in [1.54, 1.807) is 41.3 Å². The molecule has 1 aliphatic heterocycles. The molecule has 0 bridgehead atoms. The van der Waals surface area contributed by atoms with Crippen molar-refractivity contribution in [1.82, 2.24) is 4.90 Å². The van der Waals surface area contributed by atoms with Gasteiger partial charge in [-0.2, -0.15) is 0 Å². The summed E-state index contributed by atoms with van der Waals surface area (Å²) in [6.07, 6.45) is 8.84. The van der Waals surface area contributed by atoms with Gasteiger partial charge in [0.2, 0.25) is 5.76 Å². The van der Waals surface area contributed by atoms with E-state index in [0.29, 0.717) is 15.0 Å². The molecular weight excluding hydrogens is 394 g/mol. The van der Waals surface area contributed by atoms with Gasteiger partial charge < -0.3 is 9.15 Å². The third-order valence-electron chi connectivity index (χ3n) is 4.87. The lowest BCUT2D eigenvalue weighted by Gasteiger charge is -2.29. The summed E-state index contributed by atoms with van der Waals surface area (Å²) in [6.45, 7) is 0. The summed E-state index contributed by atoms with van der Waals surface area (Å²) >= 11 is 6.81. The van der Waals surface area contributed by atoms with Crippen LogP contribution >= 0.6 is 24.0 Å². The minimum absolute atomic E-state index is 0.00442. The van der Waals surface area contributed by atoms with Crippen LogP contribution in [-0.4, -0.2) is 27.1 Å². The lowest BCUT2D eigenvalue weighted by Crippen LogP contribution is -2.39. The Morgan fingerprint density at radius 3 is 2.61 bits per heavy atom. The van der Waals surface area contributed by atoms with Crippen LogP contribution < -0.4 is 4.74 Å². The molecule has 2 heterocycles. The predicted octanol–water partition coefficient (Wildman–Crippen LogP) is 5.03. The van der Waals surface area contributed by atoms with Gasteiger partial charge in [-0.15, -0.1) is 0 Å². The maximum absolute atomic E-state index is 12.8. The maximum atomic E-state index is 12.8. The topological polar surface area (TPSA) is 59.8 Å². The van der Waals surface area contributed by atoms with Crippen LogP contribution in [0.1, 0.15) is 48.2 Å². The SMILES string of the molecule is O=C(Oc1ccc(C=C2SC(=S)N(C3CCCCC3)C2=O)cc1)c1ccco1. The molecule has 2 aliphatic rings. The van der Waals surface area contributed by atoms with Gasteiger partial charge in [0.15, 0.2) is 0 Å². The number of benzene rings is 1. The molecule has 2 fully saturated rings. The van der Waals surface area contributed by atoms with Gasteiger partial charge in [0.1, 0.15) is 10.1 Å². The number of thioether (sulfide) groups is 1. The number of esters is 1. The quantitative estimate of drug-likeness (QED) is 0.303. The molecule has 28 heavy (non-hydrogen) atoms. The highest BCUT2D eigenvalue weighted by atomic mass is 32.2. The van der Waals surface area contributed by atoms with Crippen LogP contribution in [0, 0.1) is 0 Å². The molecule has 144 valence electrons. The summed E-state index contributed by atoms with van der Waals surface area (Å²) in [4.78, 5) is 27.2. The number of carbonyl (C=O) groups is 2. The van der Waals surface area contributed by atoms with Crippen molar-refractivity contribution < 1.29 is 18.7 Å². The van der Waals surface area contributed by atoms with Crippen molar-refractivity contribution in [2.24, 2.45) is 0 Å². The second kappa shape index (κ2) is 8.32. The fraction of sp³-hybridized carbons (Fsp3) is 0.286. The molecule has 0 atom stereocenters. The summed E-state index contributed by atoms with van der Waals surface area (Å²) in [5, 5.41) is 0. The average Bonchev–Trinajstić information content (AvgIpc) is 3.33. The molecule has 2 aromatic rings. The summed E-state index contributed by atoms with van der Waals surface area (Å²) in [7, 11) is 0. The lowest BCUT2D eigenvalue weighted by atomic mass is 9.94. The number of carbonyl (C=O) groups excluding carboxylic acids is 2. The second-order valence-electron chi connectivity index (χ2n) is 6.78. The van der Waals surface area contributed by atoms with Crippen LogP contribution in [0.2, 0.25) is 0 Å². The van der Waals surface area contributed by atoms with Gasteiger partial charge >= 0.3 is 5.97 Å². The number of furan rings is 1. The number of ether oxygens (including phenoxy) is 1. The van der Waals surface area contributed by atoms with Crippen molar-refractivity contribution in [3.05, 3.63) is 58.9 Å². The zero-order chi connectivity index (χ0) is 19.5. The van der Waals surface area contributed by atoms with Crippen LogP contribution in [0.4, 0.5) is 0 Å². The standard InChI is InChI=1S/C21H19NO4S2/c23-19-18(28-21(27)22(19)15-5-2-1-3-6-15)13-14-8-10-16(11-9-14)26-20(24)17-7-4-12-25-17/h4,7-13,15H,1-3,5-6H2. The minimum Gasteiger partial charge on any atom is -0.457 e. The zero-order valence-corrected chi connectivity index (χ0v) is 16.8. The summed E-state index contributed by atoms with van der Waals surface area (Å²) in [5.41, 5.74) is 0.849. The molecule has 1 saturated carbocycles. The molecular formula is C21H19NO4S2. The molecule has 7 heteroatoms. The number of amides is 1. The third kappa shape index (κ3) is 4.05. The normalized spacial score (nSPS) is 19.4. The van der Waals surface area contributed by atoms with E-state index in [9.17, 15) is 9.59 Å². The molecule has 1 aliphatic carbocycles. The first kappa shape index (κ1) is 19.0. The summed E-state index contributed by atoms with van der Waals surface area (Å²) in [6, 6.07) is 10.4. The zero-order valence-electron chi connectivity index (χ0n) is 15.1. The molecule has 1 aromatic carbocycles. The smallest absolute Gasteiger partial charge is 0.379 e.